The third-order valence-corrected chi connectivity index (χ3v) is 3.74. The predicted molar refractivity (Wildman–Crippen MR) is 79.4 cm³/mol. The zero-order chi connectivity index (χ0) is 16.6. The number of halogens is 3. The van der Waals surface area contributed by atoms with E-state index in [1.54, 1.807) is 18.2 Å². The van der Waals surface area contributed by atoms with Crippen LogP contribution in [-0.4, -0.2) is 16.8 Å². The first-order valence-electron chi connectivity index (χ1n) is 6.96. The minimum atomic E-state index is -4.39. The lowest BCUT2D eigenvalue weighted by atomic mass is 9.95. The summed E-state index contributed by atoms with van der Waals surface area (Å²) in [4.78, 5) is 15.4. The molecule has 0 unspecified atom stereocenters. The lowest BCUT2D eigenvalue weighted by Gasteiger charge is -2.17. The maximum absolute atomic E-state index is 12.8. The van der Waals surface area contributed by atoms with Crippen LogP contribution in [0, 0.1) is 0 Å². The number of nitrogens with zero attached hydrogens (tertiary/aromatic N) is 1. The Morgan fingerprint density at radius 1 is 1.09 bits per heavy atom. The Morgan fingerprint density at radius 2 is 1.87 bits per heavy atom. The molecule has 0 fully saturated rings. The van der Waals surface area contributed by atoms with Gasteiger partial charge in [-0.05, 0) is 54.3 Å². The molecule has 0 amide bonds. The normalized spacial score (nSPS) is 14.1. The van der Waals surface area contributed by atoms with E-state index >= 15 is 0 Å². The first-order valence-corrected chi connectivity index (χ1v) is 6.96. The molecule has 0 aromatic heterocycles. The molecule has 23 heavy (non-hydrogen) atoms. The Hall–Kier alpha value is -2.63. The van der Waals surface area contributed by atoms with Crippen molar-refractivity contribution in [1.29, 1.82) is 0 Å². The average molecular weight is 319 g/mol. The van der Waals surface area contributed by atoms with Crippen LogP contribution < -0.4 is 0 Å². The second kappa shape index (κ2) is 5.53. The number of fused-ring (bicyclic) bond motifs is 1. The molecule has 1 aliphatic rings. The third kappa shape index (κ3) is 3.11. The van der Waals surface area contributed by atoms with Gasteiger partial charge >= 0.3 is 12.1 Å². The Balaban J connectivity index is 1.98. The van der Waals surface area contributed by atoms with Crippen molar-refractivity contribution in [3.63, 3.8) is 0 Å². The van der Waals surface area contributed by atoms with Crippen LogP contribution in [0.5, 0.6) is 0 Å². The van der Waals surface area contributed by atoms with Crippen molar-refractivity contribution in [2.75, 3.05) is 0 Å². The molecular formula is C17H12F3NO2. The molecule has 118 valence electrons. The first-order chi connectivity index (χ1) is 10.8. The molecule has 3 nitrogen and oxygen atoms in total. The van der Waals surface area contributed by atoms with Crippen molar-refractivity contribution in [1.82, 2.24) is 0 Å². The number of aryl methyl sites for hydroxylation is 1. The zero-order valence-electron chi connectivity index (χ0n) is 11.9. The second-order valence-electron chi connectivity index (χ2n) is 5.29. The summed E-state index contributed by atoms with van der Waals surface area (Å²) in [5.41, 5.74) is 1.89. The first kappa shape index (κ1) is 15.3. The van der Waals surface area contributed by atoms with Crippen LogP contribution >= 0.6 is 0 Å². The average Bonchev–Trinajstić information content (AvgIpc) is 2.53. The molecule has 0 saturated heterocycles. The summed E-state index contributed by atoms with van der Waals surface area (Å²) >= 11 is 0. The summed E-state index contributed by atoms with van der Waals surface area (Å²) in [7, 11) is 0. The van der Waals surface area contributed by atoms with Gasteiger partial charge in [-0.3, -0.25) is 4.99 Å². The molecule has 3 rings (SSSR count). The largest absolute Gasteiger partial charge is 0.478 e. The highest BCUT2D eigenvalue weighted by atomic mass is 19.4. The number of alkyl halides is 3. The molecule has 0 atom stereocenters. The van der Waals surface area contributed by atoms with Gasteiger partial charge in [0.15, 0.2) is 0 Å². The van der Waals surface area contributed by atoms with Crippen molar-refractivity contribution in [2.24, 2.45) is 4.99 Å². The van der Waals surface area contributed by atoms with Crippen molar-refractivity contribution < 1.29 is 23.1 Å². The van der Waals surface area contributed by atoms with E-state index in [0.717, 1.165) is 17.7 Å². The lowest BCUT2D eigenvalue weighted by molar-refractivity contribution is -0.137. The fourth-order valence-corrected chi connectivity index (χ4v) is 2.57. The van der Waals surface area contributed by atoms with Gasteiger partial charge in [0, 0.05) is 5.71 Å². The number of carboxylic acids is 1. The minimum Gasteiger partial charge on any atom is -0.478 e. The van der Waals surface area contributed by atoms with E-state index < -0.39 is 17.7 Å². The summed E-state index contributed by atoms with van der Waals surface area (Å²) in [6, 6.07) is 9.68. The number of hydrogen-bond donors (Lipinski definition) is 1. The number of carbonyl (C=O) groups is 1. The highest BCUT2D eigenvalue weighted by Gasteiger charge is 2.30. The maximum atomic E-state index is 12.8. The van der Waals surface area contributed by atoms with Gasteiger partial charge in [0.05, 0.1) is 16.8 Å². The lowest BCUT2D eigenvalue weighted by Crippen LogP contribution is -2.11. The number of carboxylic acid groups (broad SMARTS) is 1. The monoisotopic (exact) mass is 319 g/mol. The number of aliphatic imine (C=N–C) groups is 1. The Labute approximate surface area is 130 Å². The van der Waals surface area contributed by atoms with E-state index in [9.17, 15) is 18.0 Å². The molecule has 2 aromatic rings. The van der Waals surface area contributed by atoms with Crippen LogP contribution in [0.15, 0.2) is 47.5 Å². The van der Waals surface area contributed by atoms with Crippen molar-refractivity contribution in [2.45, 2.75) is 19.0 Å². The Kier molecular flexibility index (Phi) is 3.67. The van der Waals surface area contributed by atoms with Crippen molar-refractivity contribution >= 4 is 17.4 Å². The van der Waals surface area contributed by atoms with E-state index in [2.05, 4.69) is 4.99 Å². The van der Waals surface area contributed by atoms with Gasteiger partial charge in [-0.25, -0.2) is 4.79 Å². The topological polar surface area (TPSA) is 49.7 Å². The van der Waals surface area contributed by atoms with E-state index in [4.69, 9.17) is 5.11 Å². The number of aromatic carboxylic acids is 1. The quantitative estimate of drug-likeness (QED) is 0.888. The molecule has 6 heteroatoms. The van der Waals surface area contributed by atoms with E-state index in [0.29, 0.717) is 29.8 Å². The molecule has 0 bridgehead atoms. The smallest absolute Gasteiger partial charge is 0.416 e. The van der Waals surface area contributed by atoms with Crippen LogP contribution in [0.4, 0.5) is 18.9 Å². The SMILES string of the molecule is O=C(O)c1ccc2c(c1)CCC(c1cccc(C(F)(F)F)c1)=N2. The van der Waals surface area contributed by atoms with Crippen LogP contribution in [0.3, 0.4) is 0 Å². The van der Waals surface area contributed by atoms with Gasteiger partial charge < -0.3 is 5.11 Å². The summed E-state index contributed by atoms with van der Waals surface area (Å²) in [6.45, 7) is 0. The third-order valence-electron chi connectivity index (χ3n) is 3.74. The molecule has 2 aromatic carbocycles. The molecule has 1 heterocycles. The van der Waals surface area contributed by atoms with E-state index in [-0.39, 0.29) is 5.56 Å². The Bertz CT molecular complexity index is 810. The minimum absolute atomic E-state index is 0.182. The predicted octanol–water partition coefficient (Wildman–Crippen LogP) is 4.47. The summed E-state index contributed by atoms with van der Waals surface area (Å²) in [5, 5.41) is 8.98. The van der Waals surface area contributed by atoms with Gasteiger partial charge in [-0.2, -0.15) is 13.2 Å². The summed E-state index contributed by atoms with van der Waals surface area (Å²) in [6.07, 6.45) is -3.37. The van der Waals surface area contributed by atoms with Gasteiger partial charge in [0.25, 0.3) is 0 Å². The van der Waals surface area contributed by atoms with Crippen LogP contribution in [0.1, 0.15) is 33.5 Å². The molecule has 0 radical (unpaired) electrons. The molecular weight excluding hydrogens is 307 g/mol. The highest BCUT2D eigenvalue weighted by Crippen LogP contribution is 2.32. The summed E-state index contributed by atoms with van der Waals surface area (Å²) < 4.78 is 38.4. The maximum Gasteiger partial charge on any atom is 0.416 e. The number of rotatable bonds is 2. The Morgan fingerprint density at radius 3 is 2.57 bits per heavy atom. The molecule has 1 aliphatic heterocycles. The van der Waals surface area contributed by atoms with Gasteiger partial charge in [-0.15, -0.1) is 0 Å². The number of benzene rings is 2. The fraction of sp³-hybridized carbons (Fsp3) is 0.176. The molecule has 1 N–H and O–H groups in total. The van der Waals surface area contributed by atoms with Crippen molar-refractivity contribution in [3.8, 4) is 0 Å². The van der Waals surface area contributed by atoms with Crippen LogP contribution in [0.2, 0.25) is 0 Å². The standard InChI is InChI=1S/C17H12F3NO2/c18-17(19,20)13-3-1-2-10(9-13)14-6-4-11-8-12(16(22)23)5-7-15(11)21-14/h1-3,5,7-9H,4,6H2,(H,22,23). The zero-order valence-corrected chi connectivity index (χ0v) is 11.9. The summed E-state index contributed by atoms with van der Waals surface area (Å²) in [5.74, 6) is -1.01. The van der Waals surface area contributed by atoms with Gasteiger partial charge in [0.2, 0.25) is 0 Å². The molecule has 0 spiro atoms. The fourth-order valence-electron chi connectivity index (χ4n) is 2.57. The van der Waals surface area contributed by atoms with E-state index in [1.807, 2.05) is 0 Å². The molecule has 0 aliphatic carbocycles. The van der Waals surface area contributed by atoms with E-state index in [1.165, 1.54) is 12.1 Å². The second-order valence-corrected chi connectivity index (χ2v) is 5.29. The molecule has 0 saturated carbocycles. The van der Waals surface area contributed by atoms with Crippen LogP contribution in [0.25, 0.3) is 0 Å². The van der Waals surface area contributed by atoms with Crippen LogP contribution in [-0.2, 0) is 12.6 Å². The number of hydrogen-bond acceptors (Lipinski definition) is 2. The van der Waals surface area contributed by atoms with Gasteiger partial charge in [0.1, 0.15) is 0 Å². The van der Waals surface area contributed by atoms with Gasteiger partial charge in [-0.1, -0.05) is 12.1 Å². The highest BCUT2D eigenvalue weighted by molar-refractivity contribution is 6.03. The van der Waals surface area contributed by atoms with Crippen molar-refractivity contribution in [3.05, 3.63) is 64.7 Å².